The third-order valence-electron chi connectivity index (χ3n) is 0.849. The topological polar surface area (TPSA) is 41.1 Å². The van der Waals surface area contributed by atoms with E-state index in [0.29, 0.717) is 17.4 Å². The number of thioether (sulfide) groups is 1. The van der Waals surface area contributed by atoms with Crippen molar-refractivity contribution in [2.75, 3.05) is 19.3 Å². The maximum absolute atomic E-state index is 10.6. The maximum Gasteiger partial charge on any atom is 2.00 e. The van der Waals surface area contributed by atoms with Crippen LogP contribution in [0, 0.1) is 7.43 Å². The summed E-state index contributed by atoms with van der Waals surface area (Å²) in [6.45, 7) is 1.14. The Morgan fingerprint density at radius 1 is 1.46 bits per heavy atom. The second kappa shape index (κ2) is 12.4. The van der Waals surface area contributed by atoms with Crippen molar-refractivity contribution < 1.29 is 21.9 Å². The summed E-state index contributed by atoms with van der Waals surface area (Å²) < 4.78 is 0.336. The van der Waals surface area contributed by atoms with Gasteiger partial charge in [0.25, 0.3) is 5.24 Å². The summed E-state index contributed by atoms with van der Waals surface area (Å²) in [4.78, 5) is 10.6. The van der Waals surface area contributed by atoms with Crippen LogP contribution in [0.2, 0.25) is 0 Å². The Hall–Kier alpha value is 0.449. The van der Waals surface area contributed by atoms with Crippen LogP contribution in [0.5, 0.6) is 0 Å². The molecule has 0 aromatic rings. The summed E-state index contributed by atoms with van der Waals surface area (Å²) >= 11 is 10.3. The fourth-order valence-electron chi connectivity index (χ4n) is 0.401. The minimum absolute atomic E-state index is 0. The Balaban J connectivity index is -0.000000500. The predicted molar refractivity (Wildman–Crippen MR) is 61.3 cm³/mol. The van der Waals surface area contributed by atoms with E-state index >= 15 is 0 Å². The van der Waals surface area contributed by atoms with Gasteiger partial charge in [0.15, 0.2) is 0 Å². The molecule has 0 saturated carbocycles. The van der Waals surface area contributed by atoms with Crippen LogP contribution in [0.25, 0.3) is 0 Å². The number of rotatable bonds is 3. The molecular weight excluding hydrogens is 267 g/mol. The van der Waals surface area contributed by atoms with Gasteiger partial charge in [0.2, 0.25) is 0 Å². The van der Waals surface area contributed by atoms with Gasteiger partial charge in [-0.3, -0.25) is 4.79 Å². The van der Waals surface area contributed by atoms with Crippen molar-refractivity contribution >= 4 is 46.2 Å². The molecule has 0 aliphatic rings. The zero-order valence-corrected chi connectivity index (χ0v) is 11.1. The number of carbonyl (C=O) groups excluding carboxylic acids is 1. The van der Waals surface area contributed by atoms with E-state index in [1.165, 1.54) is 0 Å². The van der Waals surface area contributed by atoms with E-state index in [1.807, 2.05) is 0 Å². The van der Waals surface area contributed by atoms with E-state index in [9.17, 15) is 4.79 Å². The molecule has 0 atom stereocenters. The first-order chi connectivity index (χ1) is 5.16. The smallest absolute Gasteiger partial charge is 0.412 e. The number of hydrogen-bond donors (Lipinski definition) is 2. The standard InChI is InChI=1S/C5H10N2OS3.CH3.Mn/c1-11-4(8)6-2-3-7-5(9)10;;/h2-3H2,1H3,(H,6,8)(H2,7,9,10);1H3;/q;-1;+2/p-1. The molecule has 0 saturated heterocycles. The Kier molecular flexibility index (Phi) is 18.3. The van der Waals surface area contributed by atoms with Crippen molar-refractivity contribution in [3.63, 3.8) is 0 Å². The van der Waals surface area contributed by atoms with Gasteiger partial charge < -0.3 is 42.9 Å². The van der Waals surface area contributed by atoms with Crippen LogP contribution >= 0.6 is 24.0 Å². The average Bonchev–Trinajstić information content (AvgIpc) is 1.97. The van der Waals surface area contributed by atoms with Crippen LogP contribution in [0.15, 0.2) is 0 Å². The number of carbonyl (C=O) groups is 1. The van der Waals surface area contributed by atoms with Crippen molar-refractivity contribution in [3.05, 3.63) is 7.43 Å². The van der Waals surface area contributed by atoms with Gasteiger partial charge in [-0.25, -0.2) is 0 Å². The molecule has 0 aromatic carbocycles. The van der Waals surface area contributed by atoms with Gasteiger partial charge in [-0.1, -0.05) is 16.1 Å². The molecule has 0 fully saturated rings. The fourth-order valence-corrected chi connectivity index (χ4v) is 0.852. The van der Waals surface area contributed by atoms with Crippen LogP contribution in [0.4, 0.5) is 4.79 Å². The van der Waals surface area contributed by atoms with Crippen LogP contribution < -0.4 is 10.6 Å². The van der Waals surface area contributed by atoms with Crippen LogP contribution in [-0.2, 0) is 29.7 Å². The first-order valence-corrected chi connectivity index (χ1v) is 4.97. The second-order valence-corrected chi connectivity index (χ2v) is 3.49. The van der Waals surface area contributed by atoms with E-state index in [4.69, 9.17) is 0 Å². The molecule has 3 nitrogen and oxygen atoms in total. The van der Waals surface area contributed by atoms with Gasteiger partial charge in [-0.15, -0.1) is 0 Å². The van der Waals surface area contributed by atoms with Crippen molar-refractivity contribution in [1.82, 2.24) is 10.6 Å². The Labute approximate surface area is 105 Å². The summed E-state index contributed by atoms with van der Waals surface area (Å²) in [7, 11) is 0. The molecule has 0 spiro atoms. The Morgan fingerprint density at radius 3 is 2.31 bits per heavy atom. The molecule has 0 bridgehead atoms. The zero-order chi connectivity index (χ0) is 8.69. The van der Waals surface area contributed by atoms with Crippen molar-refractivity contribution in [1.29, 1.82) is 0 Å². The van der Waals surface area contributed by atoms with Gasteiger partial charge in [-0.2, -0.15) is 0 Å². The van der Waals surface area contributed by atoms with Gasteiger partial charge in [0.1, 0.15) is 0 Å². The van der Waals surface area contributed by atoms with Crippen molar-refractivity contribution in [3.8, 4) is 0 Å². The largest absolute Gasteiger partial charge is 2.00 e. The number of thiocarbonyl (C=S) groups is 1. The minimum atomic E-state index is -0.0397. The number of amides is 1. The predicted octanol–water partition coefficient (Wildman–Crippen LogP) is 0.928. The summed E-state index contributed by atoms with van der Waals surface area (Å²) in [6, 6.07) is 0. The third kappa shape index (κ3) is 15.2. The summed E-state index contributed by atoms with van der Waals surface area (Å²) in [6.07, 6.45) is 1.72. The molecule has 13 heavy (non-hydrogen) atoms. The monoisotopic (exact) mass is 279 g/mol. The van der Waals surface area contributed by atoms with Crippen molar-refractivity contribution in [2.45, 2.75) is 0 Å². The molecule has 1 amide bonds. The van der Waals surface area contributed by atoms with E-state index in [1.54, 1.807) is 6.26 Å². The Morgan fingerprint density at radius 2 is 1.92 bits per heavy atom. The molecule has 2 N–H and O–H groups in total. The molecule has 0 aromatic heterocycles. The first-order valence-electron chi connectivity index (χ1n) is 2.93. The zero-order valence-electron chi connectivity index (χ0n) is 7.43. The van der Waals surface area contributed by atoms with Crippen LogP contribution in [0.3, 0.4) is 0 Å². The quantitative estimate of drug-likeness (QED) is 0.264. The normalized spacial score (nSPS) is 7.46. The van der Waals surface area contributed by atoms with Gasteiger partial charge in [0.05, 0.1) is 0 Å². The fraction of sp³-hybridized carbons (Fsp3) is 0.500. The molecular formula is C6H12MnN2OS3. The first kappa shape index (κ1) is 19.1. The SMILES string of the molecule is CSC(=O)NCCNC(=S)[S-].[CH3-].[Mn+2]. The molecule has 77 valence electrons. The summed E-state index contributed by atoms with van der Waals surface area (Å²) in [5.74, 6) is 0. The number of nitrogens with one attached hydrogen (secondary N) is 2. The van der Waals surface area contributed by atoms with Crippen LogP contribution in [-0.4, -0.2) is 28.9 Å². The van der Waals surface area contributed by atoms with E-state index in [0.717, 1.165) is 11.8 Å². The van der Waals surface area contributed by atoms with E-state index in [-0.39, 0.29) is 29.7 Å². The van der Waals surface area contributed by atoms with E-state index < -0.39 is 0 Å². The molecule has 1 radical (unpaired) electrons. The maximum atomic E-state index is 10.6. The molecule has 0 aliphatic heterocycles. The van der Waals surface area contributed by atoms with Crippen molar-refractivity contribution in [2.24, 2.45) is 0 Å². The second-order valence-electron chi connectivity index (χ2n) is 1.63. The van der Waals surface area contributed by atoms with Gasteiger partial charge in [0, 0.05) is 13.1 Å². The Bertz CT molecular complexity index is 157. The average molecular weight is 279 g/mol. The third-order valence-corrected chi connectivity index (χ3v) is 1.65. The van der Waals surface area contributed by atoms with Gasteiger partial charge >= 0.3 is 17.1 Å². The van der Waals surface area contributed by atoms with E-state index in [2.05, 4.69) is 35.5 Å². The number of hydrogen-bond acceptors (Lipinski definition) is 4. The van der Waals surface area contributed by atoms with Gasteiger partial charge in [-0.05, 0) is 6.26 Å². The summed E-state index contributed by atoms with van der Waals surface area (Å²) in [5.41, 5.74) is 0. The molecule has 0 unspecified atom stereocenters. The summed E-state index contributed by atoms with van der Waals surface area (Å²) in [5, 5.41) is 5.35. The minimum Gasteiger partial charge on any atom is -0.412 e. The molecule has 0 heterocycles. The molecule has 0 rings (SSSR count). The molecule has 0 aliphatic carbocycles. The van der Waals surface area contributed by atoms with Crippen LogP contribution in [0.1, 0.15) is 0 Å². The molecule has 7 heteroatoms.